The summed E-state index contributed by atoms with van der Waals surface area (Å²) >= 11 is 0. The summed E-state index contributed by atoms with van der Waals surface area (Å²) in [5.74, 6) is 1.38. The van der Waals surface area contributed by atoms with Gasteiger partial charge in [-0.15, -0.1) is 0 Å². The Hall–Kier alpha value is -1.68. The number of carbonyl (C=O) groups is 1. The lowest BCUT2D eigenvalue weighted by atomic mass is 9.98. The maximum atomic E-state index is 12.2. The van der Waals surface area contributed by atoms with Crippen molar-refractivity contribution in [2.45, 2.75) is 12.8 Å². The summed E-state index contributed by atoms with van der Waals surface area (Å²) in [6.45, 7) is 2.41. The first-order valence-corrected chi connectivity index (χ1v) is 10.7. The lowest BCUT2D eigenvalue weighted by Gasteiger charge is -2.24. The molecule has 0 unspecified atom stereocenters. The fourth-order valence-electron chi connectivity index (χ4n) is 2.29. The fourth-order valence-corrected chi connectivity index (χ4v) is 2.88. The van der Waals surface area contributed by atoms with Crippen molar-refractivity contribution in [3.8, 4) is 5.75 Å². The maximum absolute atomic E-state index is 12.2. The summed E-state index contributed by atoms with van der Waals surface area (Å²) in [6, 6.07) is 12.0. The van der Waals surface area contributed by atoms with E-state index in [0.717, 1.165) is 27.8 Å². The predicted molar refractivity (Wildman–Crippen MR) is 100 cm³/mol. The third-order valence-electron chi connectivity index (χ3n) is 3.87. The number of fused-ring (bicyclic) bond motifs is 1. The van der Waals surface area contributed by atoms with Gasteiger partial charge in [0.1, 0.15) is 5.75 Å². The highest BCUT2D eigenvalue weighted by Crippen LogP contribution is 2.33. The second-order valence-electron chi connectivity index (χ2n) is 6.66. The van der Waals surface area contributed by atoms with Crippen LogP contribution in [0.4, 0.5) is 0 Å². The molecule has 0 aromatic heterocycles. The minimum absolute atomic E-state index is 0.151. The van der Waals surface area contributed by atoms with Crippen molar-refractivity contribution in [1.29, 1.82) is 0 Å². The predicted octanol–water partition coefficient (Wildman–Crippen LogP) is 4.19. The lowest BCUT2D eigenvalue weighted by Crippen LogP contribution is -2.17. The largest absolute Gasteiger partial charge is 0.497 e. The Labute approximate surface area is 140 Å². The average Bonchev–Trinajstić information content (AvgIpc) is 2.51. The zero-order chi connectivity index (χ0) is 17.0. The first-order valence-electron chi connectivity index (χ1n) is 7.70. The van der Waals surface area contributed by atoms with Crippen molar-refractivity contribution >= 4 is 26.8 Å². The molecule has 0 saturated heterocycles. The minimum Gasteiger partial charge on any atom is -0.497 e. The molecule has 0 bridgehead atoms. The first-order chi connectivity index (χ1) is 10.8. The van der Waals surface area contributed by atoms with Crippen molar-refractivity contribution in [1.82, 2.24) is 0 Å². The van der Waals surface area contributed by atoms with Crippen LogP contribution in [0.5, 0.6) is 5.75 Å². The van der Waals surface area contributed by atoms with Crippen molar-refractivity contribution in [2.24, 2.45) is 0 Å². The van der Waals surface area contributed by atoms with Crippen molar-refractivity contribution < 1.29 is 14.3 Å². The van der Waals surface area contributed by atoms with Gasteiger partial charge < -0.3 is 9.47 Å². The molecule has 2 aromatic carbocycles. The van der Waals surface area contributed by atoms with Gasteiger partial charge in [0, 0.05) is 5.75 Å². The Balaban J connectivity index is 2.08. The van der Waals surface area contributed by atoms with Crippen LogP contribution >= 0.6 is 10.0 Å². The van der Waals surface area contributed by atoms with Crippen molar-refractivity contribution in [3.63, 3.8) is 0 Å². The van der Waals surface area contributed by atoms with Crippen LogP contribution in [0.2, 0.25) is 0 Å². The number of hydrogen-bond donors (Lipinski definition) is 0. The van der Waals surface area contributed by atoms with Gasteiger partial charge in [0.15, 0.2) is 0 Å². The SMILES string of the molecule is COc1ccc2cc([C@H](C)C(=O)OCCS(C)(C)C)ccc2c1. The molecule has 23 heavy (non-hydrogen) atoms. The van der Waals surface area contributed by atoms with Gasteiger partial charge >= 0.3 is 5.97 Å². The van der Waals surface area contributed by atoms with E-state index in [-0.39, 0.29) is 11.9 Å². The summed E-state index contributed by atoms with van der Waals surface area (Å²) in [5.41, 5.74) is 0.982. The van der Waals surface area contributed by atoms with Gasteiger partial charge in [-0.05, 0) is 54.2 Å². The van der Waals surface area contributed by atoms with E-state index in [0.29, 0.717) is 6.61 Å². The molecule has 0 saturated carbocycles. The Kier molecular flexibility index (Phi) is 5.58. The molecule has 0 spiro atoms. The zero-order valence-corrected chi connectivity index (χ0v) is 15.4. The molecule has 0 fully saturated rings. The van der Waals surface area contributed by atoms with Gasteiger partial charge in [0.2, 0.25) is 0 Å². The minimum atomic E-state index is -0.635. The molecule has 126 valence electrons. The molecule has 0 radical (unpaired) electrons. The van der Waals surface area contributed by atoms with Crippen LogP contribution in [-0.2, 0) is 9.53 Å². The van der Waals surface area contributed by atoms with E-state index in [1.807, 2.05) is 37.3 Å². The second kappa shape index (κ2) is 7.26. The Morgan fingerprint density at radius 3 is 2.39 bits per heavy atom. The molecule has 4 heteroatoms. The van der Waals surface area contributed by atoms with E-state index in [1.165, 1.54) is 0 Å². The molecule has 2 rings (SSSR count). The highest BCUT2D eigenvalue weighted by Gasteiger charge is 2.17. The topological polar surface area (TPSA) is 35.5 Å². The van der Waals surface area contributed by atoms with E-state index < -0.39 is 10.0 Å². The summed E-state index contributed by atoms with van der Waals surface area (Å²) in [4.78, 5) is 12.2. The number of methoxy groups -OCH3 is 1. The highest BCUT2D eigenvalue weighted by molar-refractivity contribution is 8.32. The van der Waals surface area contributed by atoms with E-state index >= 15 is 0 Å². The molecule has 2 aromatic rings. The van der Waals surface area contributed by atoms with Crippen LogP contribution < -0.4 is 4.74 Å². The molecule has 0 N–H and O–H groups in total. The standard InChI is InChI=1S/C19H26O3S/c1-14(19(20)22-10-11-23(3,4)5)15-6-7-17-13-18(21-2)9-8-16(17)12-15/h6-9,12-14H,10-11H2,1-5H3/t14-/m0/s1. The molecule has 0 aliphatic heterocycles. The van der Waals surface area contributed by atoms with Gasteiger partial charge in [-0.3, -0.25) is 4.79 Å². The van der Waals surface area contributed by atoms with Crippen LogP contribution in [0.3, 0.4) is 0 Å². The van der Waals surface area contributed by atoms with E-state index in [9.17, 15) is 4.79 Å². The van der Waals surface area contributed by atoms with Gasteiger partial charge in [0.25, 0.3) is 0 Å². The Morgan fingerprint density at radius 2 is 1.74 bits per heavy atom. The number of benzene rings is 2. The summed E-state index contributed by atoms with van der Waals surface area (Å²) in [5, 5.41) is 2.20. The Bertz CT molecular complexity index is 689. The molecular formula is C19H26O3S. The quantitative estimate of drug-likeness (QED) is 0.743. The second-order valence-corrected chi connectivity index (χ2v) is 11.2. The smallest absolute Gasteiger partial charge is 0.313 e. The molecule has 1 atom stereocenters. The van der Waals surface area contributed by atoms with Crippen molar-refractivity contribution in [3.05, 3.63) is 42.0 Å². The summed E-state index contributed by atoms with van der Waals surface area (Å²) < 4.78 is 10.7. The van der Waals surface area contributed by atoms with Crippen LogP contribution in [0.25, 0.3) is 10.8 Å². The van der Waals surface area contributed by atoms with Crippen LogP contribution in [-0.4, -0.2) is 44.2 Å². The van der Waals surface area contributed by atoms with Gasteiger partial charge in [-0.2, -0.15) is 0 Å². The van der Waals surface area contributed by atoms with E-state index in [1.54, 1.807) is 7.11 Å². The molecule has 0 heterocycles. The van der Waals surface area contributed by atoms with Crippen LogP contribution in [0.15, 0.2) is 36.4 Å². The molecule has 3 nitrogen and oxygen atoms in total. The summed E-state index contributed by atoms with van der Waals surface area (Å²) in [6.07, 6.45) is 6.67. The third kappa shape index (κ3) is 4.90. The van der Waals surface area contributed by atoms with E-state index in [2.05, 4.69) is 24.8 Å². The zero-order valence-electron chi connectivity index (χ0n) is 14.6. The first kappa shape index (κ1) is 17.7. The highest BCUT2D eigenvalue weighted by atomic mass is 32.3. The van der Waals surface area contributed by atoms with Crippen LogP contribution in [0.1, 0.15) is 18.4 Å². The number of esters is 1. The molecule has 0 aliphatic rings. The fraction of sp³-hybridized carbons (Fsp3) is 0.421. The van der Waals surface area contributed by atoms with Gasteiger partial charge in [-0.1, -0.05) is 24.3 Å². The van der Waals surface area contributed by atoms with Gasteiger partial charge in [0.05, 0.1) is 19.6 Å². The van der Waals surface area contributed by atoms with E-state index in [4.69, 9.17) is 9.47 Å². The van der Waals surface area contributed by atoms with Gasteiger partial charge in [-0.25, -0.2) is 10.0 Å². The lowest BCUT2D eigenvalue weighted by molar-refractivity contribution is -0.144. The third-order valence-corrected chi connectivity index (χ3v) is 5.26. The monoisotopic (exact) mass is 334 g/mol. The number of hydrogen-bond acceptors (Lipinski definition) is 3. The number of ether oxygens (including phenoxy) is 2. The number of rotatable bonds is 6. The molecule has 0 amide bonds. The Morgan fingerprint density at radius 1 is 1.09 bits per heavy atom. The van der Waals surface area contributed by atoms with Crippen LogP contribution in [0, 0.1) is 0 Å². The summed E-state index contributed by atoms with van der Waals surface area (Å²) in [7, 11) is 1.02. The molecular weight excluding hydrogens is 308 g/mol. The molecule has 0 aliphatic carbocycles. The average molecular weight is 334 g/mol. The normalized spacial score (nSPS) is 13.6. The maximum Gasteiger partial charge on any atom is 0.313 e. The van der Waals surface area contributed by atoms with Crippen molar-refractivity contribution in [2.75, 3.05) is 38.2 Å². The number of carbonyl (C=O) groups excluding carboxylic acids is 1.